The van der Waals surface area contributed by atoms with Gasteiger partial charge in [0.15, 0.2) is 0 Å². The molecular formula is C23H35ClN4O2. The first-order valence-corrected chi connectivity index (χ1v) is 10.6. The van der Waals surface area contributed by atoms with Crippen LogP contribution in [0.15, 0.2) is 36.5 Å². The summed E-state index contributed by atoms with van der Waals surface area (Å²) in [5.41, 5.74) is 1.44. The molecule has 1 aromatic heterocycles. The zero-order valence-electron chi connectivity index (χ0n) is 18.5. The van der Waals surface area contributed by atoms with Crippen molar-refractivity contribution in [2.24, 2.45) is 5.92 Å². The molecule has 0 spiro atoms. The van der Waals surface area contributed by atoms with Crippen LogP contribution in [-0.4, -0.2) is 41.9 Å². The van der Waals surface area contributed by atoms with E-state index in [-0.39, 0.29) is 23.7 Å². The fraction of sp³-hybridized carbons (Fsp3) is 0.565. The minimum Gasteiger partial charge on any atom is -0.493 e. The van der Waals surface area contributed by atoms with E-state index < -0.39 is 0 Å². The summed E-state index contributed by atoms with van der Waals surface area (Å²) >= 11 is 0. The SMILES string of the molecule is CC(C)COc1ccc(C(C)(C)CNC(=O)c2ccn(C3CCCNC3)n2)cc1.Cl. The Bertz CT molecular complexity index is 796. The molecule has 7 heteroatoms. The van der Waals surface area contributed by atoms with Gasteiger partial charge in [-0.2, -0.15) is 5.10 Å². The van der Waals surface area contributed by atoms with Gasteiger partial charge in [0, 0.05) is 24.7 Å². The molecule has 0 radical (unpaired) electrons. The fourth-order valence-corrected chi connectivity index (χ4v) is 3.48. The molecule has 30 heavy (non-hydrogen) atoms. The lowest BCUT2D eigenvalue weighted by Gasteiger charge is -2.26. The van der Waals surface area contributed by atoms with Gasteiger partial charge >= 0.3 is 0 Å². The van der Waals surface area contributed by atoms with Gasteiger partial charge < -0.3 is 15.4 Å². The number of halogens is 1. The van der Waals surface area contributed by atoms with Crippen molar-refractivity contribution in [1.29, 1.82) is 0 Å². The van der Waals surface area contributed by atoms with E-state index in [1.165, 1.54) is 0 Å². The van der Waals surface area contributed by atoms with E-state index in [4.69, 9.17) is 4.74 Å². The molecule has 1 saturated heterocycles. The van der Waals surface area contributed by atoms with Gasteiger partial charge in [0.25, 0.3) is 5.91 Å². The first-order chi connectivity index (χ1) is 13.8. The zero-order valence-corrected chi connectivity index (χ0v) is 19.3. The maximum absolute atomic E-state index is 12.6. The second kappa shape index (κ2) is 10.8. The number of aromatic nitrogens is 2. The third kappa shape index (κ3) is 6.47. The Hall–Kier alpha value is -2.05. The molecule has 2 heterocycles. The van der Waals surface area contributed by atoms with Gasteiger partial charge in [-0.05, 0) is 49.1 Å². The largest absolute Gasteiger partial charge is 0.493 e. The van der Waals surface area contributed by atoms with Crippen LogP contribution in [0.25, 0.3) is 0 Å². The summed E-state index contributed by atoms with van der Waals surface area (Å²) in [6.45, 7) is 11.7. The summed E-state index contributed by atoms with van der Waals surface area (Å²) in [5, 5.41) is 10.9. The molecule has 3 rings (SSSR count). The fourth-order valence-electron chi connectivity index (χ4n) is 3.48. The quantitative estimate of drug-likeness (QED) is 0.659. The zero-order chi connectivity index (χ0) is 20.9. The van der Waals surface area contributed by atoms with Crippen molar-refractivity contribution in [3.05, 3.63) is 47.8 Å². The predicted molar refractivity (Wildman–Crippen MR) is 123 cm³/mol. The van der Waals surface area contributed by atoms with Crippen LogP contribution < -0.4 is 15.4 Å². The van der Waals surface area contributed by atoms with Crippen molar-refractivity contribution in [2.45, 2.75) is 52.0 Å². The molecular weight excluding hydrogens is 400 g/mol. The molecule has 1 unspecified atom stereocenters. The molecule has 1 amide bonds. The van der Waals surface area contributed by atoms with Gasteiger partial charge in [0.05, 0.1) is 12.6 Å². The molecule has 1 aromatic carbocycles. The first kappa shape index (κ1) is 24.2. The van der Waals surface area contributed by atoms with Gasteiger partial charge in [-0.25, -0.2) is 0 Å². The van der Waals surface area contributed by atoms with Crippen LogP contribution in [0.1, 0.15) is 62.6 Å². The number of piperidine rings is 1. The minimum absolute atomic E-state index is 0. The summed E-state index contributed by atoms with van der Waals surface area (Å²) in [6, 6.07) is 10.3. The highest BCUT2D eigenvalue weighted by atomic mass is 35.5. The van der Waals surface area contributed by atoms with Gasteiger partial charge in [0.2, 0.25) is 0 Å². The number of amides is 1. The van der Waals surface area contributed by atoms with E-state index in [2.05, 4.69) is 55.6 Å². The topological polar surface area (TPSA) is 68.2 Å². The van der Waals surface area contributed by atoms with Gasteiger partial charge in [-0.15, -0.1) is 12.4 Å². The third-order valence-electron chi connectivity index (χ3n) is 5.40. The summed E-state index contributed by atoms with van der Waals surface area (Å²) in [7, 11) is 0. The Balaban J connectivity index is 0.00000320. The molecule has 1 fully saturated rings. The molecule has 1 atom stereocenters. The molecule has 0 bridgehead atoms. The van der Waals surface area contributed by atoms with E-state index in [9.17, 15) is 4.79 Å². The smallest absolute Gasteiger partial charge is 0.271 e. The van der Waals surface area contributed by atoms with Crippen LogP contribution in [0.5, 0.6) is 5.75 Å². The Labute approximate surface area is 186 Å². The van der Waals surface area contributed by atoms with E-state index in [0.717, 1.165) is 37.2 Å². The summed E-state index contributed by atoms with van der Waals surface area (Å²) in [6.07, 6.45) is 4.15. The lowest BCUT2D eigenvalue weighted by atomic mass is 9.84. The maximum Gasteiger partial charge on any atom is 0.271 e. The number of carbonyl (C=O) groups excluding carboxylic acids is 1. The van der Waals surface area contributed by atoms with Crippen molar-refractivity contribution in [2.75, 3.05) is 26.2 Å². The molecule has 2 aromatic rings. The Morgan fingerprint density at radius 2 is 2.03 bits per heavy atom. The van der Waals surface area contributed by atoms with Crippen molar-refractivity contribution in [3.63, 3.8) is 0 Å². The summed E-state index contributed by atoms with van der Waals surface area (Å²) in [5.74, 6) is 1.25. The average Bonchev–Trinajstić information content (AvgIpc) is 3.22. The maximum atomic E-state index is 12.6. The average molecular weight is 435 g/mol. The molecule has 2 N–H and O–H groups in total. The normalized spacial score (nSPS) is 16.8. The van der Waals surface area contributed by atoms with E-state index in [0.29, 0.717) is 30.8 Å². The number of benzene rings is 1. The van der Waals surface area contributed by atoms with Crippen LogP contribution in [0.3, 0.4) is 0 Å². The number of ether oxygens (including phenoxy) is 1. The first-order valence-electron chi connectivity index (χ1n) is 10.6. The molecule has 1 aliphatic rings. The number of hydrogen-bond donors (Lipinski definition) is 2. The monoisotopic (exact) mass is 434 g/mol. The number of hydrogen-bond acceptors (Lipinski definition) is 4. The Morgan fingerprint density at radius 1 is 1.30 bits per heavy atom. The second-order valence-electron chi connectivity index (χ2n) is 8.98. The number of nitrogens with one attached hydrogen (secondary N) is 2. The van der Waals surface area contributed by atoms with Crippen molar-refractivity contribution in [3.8, 4) is 5.75 Å². The molecule has 6 nitrogen and oxygen atoms in total. The summed E-state index contributed by atoms with van der Waals surface area (Å²) in [4.78, 5) is 12.6. The summed E-state index contributed by atoms with van der Waals surface area (Å²) < 4.78 is 7.68. The van der Waals surface area contributed by atoms with Crippen LogP contribution in [0.2, 0.25) is 0 Å². The van der Waals surface area contributed by atoms with Crippen molar-refractivity contribution >= 4 is 18.3 Å². The number of carbonyl (C=O) groups is 1. The van der Waals surface area contributed by atoms with Crippen molar-refractivity contribution < 1.29 is 9.53 Å². The minimum atomic E-state index is -0.192. The standard InChI is InChI=1S/C23H34N4O2.ClH/c1-17(2)15-29-20-9-7-18(8-10-20)23(3,4)16-25-22(28)21-11-13-27(26-21)19-6-5-12-24-14-19;/h7-11,13,17,19,24H,5-6,12,14-16H2,1-4H3,(H,25,28);1H. The number of nitrogens with zero attached hydrogens (tertiary/aromatic N) is 2. The van der Waals surface area contributed by atoms with E-state index in [1.54, 1.807) is 6.07 Å². The van der Waals surface area contributed by atoms with Crippen LogP contribution in [-0.2, 0) is 5.41 Å². The molecule has 1 aliphatic heterocycles. The highest BCUT2D eigenvalue weighted by Gasteiger charge is 2.23. The second-order valence-corrected chi connectivity index (χ2v) is 8.98. The lowest BCUT2D eigenvalue weighted by molar-refractivity contribution is 0.0939. The van der Waals surface area contributed by atoms with Crippen molar-refractivity contribution in [1.82, 2.24) is 20.4 Å². The van der Waals surface area contributed by atoms with Gasteiger partial charge in [0.1, 0.15) is 11.4 Å². The van der Waals surface area contributed by atoms with Crippen LogP contribution in [0.4, 0.5) is 0 Å². The Kier molecular flexibility index (Phi) is 8.74. The molecule has 0 saturated carbocycles. The van der Waals surface area contributed by atoms with E-state index in [1.807, 2.05) is 23.0 Å². The molecule has 0 aliphatic carbocycles. The third-order valence-corrected chi connectivity index (χ3v) is 5.40. The molecule has 166 valence electrons. The van der Waals surface area contributed by atoms with Gasteiger partial charge in [-0.3, -0.25) is 9.48 Å². The number of rotatable bonds is 8. The van der Waals surface area contributed by atoms with Gasteiger partial charge in [-0.1, -0.05) is 39.8 Å². The Morgan fingerprint density at radius 3 is 2.67 bits per heavy atom. The van der Waals surface area contributed by atoms with E-state index >= 15 is 0 Å². The highest BCUT2D eigenvalue weighted by Crippen LogP contribution is 2.25. The highest BCUT2D eigenvalue weighted by molar-refractivity contribution is 5.92. The predicted octanol–water partition coefficient (Wildman–Crippen LogP) is 3.97. The van der Waals surface area contributed by atoms with Crippen LogP contribution >= 0.6 is 12.4 Å². The van der Waals surface area contributed by atoms with Crippen LogP contribution in [0, 0.1) is 5.92 Å². The lowest BCUT2D eigenvalue weighted by Crippen LogP contribution is -2.37.